The van der Waals surface area contributed by atoms with Crippen molar-refractivity contribution in [3.63, 3.8) is 0 Å². The van der Waals surface area contributed by atoms with Gasteiger partial charge in [0.05, 0.1) is 24.4 Å². The van der Waals surface area contributed by atoms with Gasteiger partial charge in [0.1, 0.15) is 5.75 Å². The van der Waals surface area contributed by atoms with Crippen LogP contribution in [0.3, 0.4) is 0 Å². The van der Waals surface area contributed by atoms with Crippen LogP contribution in [0.25, 0.3) is 11.5 Å². The number of nitrogen functional groups attached to an aromatic ring is 1. The largest absolute Gasteiger partial charge is 0.493 e. The van der Waals surface area contributed by atoms with E-state index in [1.54, 1.807) is 0 Å². The fourth-order valence-corrected chi connectivity index (χ4v) is 2.52. The first kappa shape index (κ1) is 15.3. The zero-order valence-electron chi connectivity index (χ0n) is 12.7. The smallest absolute Gasteiger partial charge is 0.316 e. The van der Waals surface area contributed by atoms with E-state index in [2.05, 4.69) is 27.4 Å². The molecule has 8 heteroatoms. The summed E-state index contributed by atoms with van der Waals surface area (Å²) in [7, 11) is 0. The molecule has 0 unspecified atom stereocenters. The molecule has 0 fully saturated rings. The second-order valence-electron chi connectivity index (χ2n) is 4.79. The Hall–Kier alpha value is -2.61. The molecule has 23 heavy (non-hydrogen) atoms. The average Bonchev–Trinajstić information content (AvgIpc) is 3.20. The zero-order valence-corrected chi connectivity index (χ0v) is 13.5. The van der Waals surface area contributed by atoms with Crippen LogP contribution in [0.15, 0.2) is 34.1 Å². The minimum Gasteiger partial charge on any atom is -0.493 e. The van der Waals surface area contributed by atoms with Gasteiger partial charge in [0.2, 0.25) is 0 Å². The van der Waals surface area contributed by atoms with Crippen molar-refractivity contribution in [3.8, 4) is 17.2 Å². The van der Waals surface area contributed by atoms with E-state index < -0.39 is 0 Å². The van der Waals surface area contributed by atoms with Gasteiger partial charge in [0, 0.05) is 5.38 Å². The Balaban J connectivity index is 1.71. The Kier molecular flexibility index (Phi) is 4.72. The molecule has 3 N–H and O–H groups in total. The number of para-hydroxylation sites is 1. The van der Waals surface area contributed by atoms with E-state index >= 15 is 0 Å². The monoisotopic (exact) mass is 331 g/mol. The molecule has 7 nitrogen and oxygen atoms in total. The van der Waals surface area contributed by atoms with Gasteiger partial charge in [0.25, 0.3) is 5.89 Å². The highest BCUT2D eigenvalue weighted by molar-refractivity contribution is 7.13. The molecule has 0 amide bonds. The van der Waals surface area contributed by atoms with Gasteiger partial charge in [0.15, 0.2) is 5.13 Å². The number of benzene rings is 1. The lowest BCUT2D eigenvalue weighted by Gasteiger charge is -2.07. The van der Waals surface area contributed by atoms with Crippen LogP contribution in [0.5, 0.6) is 5.75 Å². The number of thiazole rings is 1. The summed E-state index contributed by atoms with van der Waals surface area (Å²) in [6.07, 6.45) is 0.932. The Morgan fingerprint density at radius 1 is 1.30 bits per heavy atom. The van der Waals surface area contributed by atoms with E-state index in [-0.39, 0.29) is 0 Å². The van der Waals surface area contributed by atoms with Crippen molar-refractivity contribution in [2.45, 2.75) is 19.9 Å². The molecule has 0 spiro atoms. The number of nitrogens with two attached hydrogens (primary N) is 1. The van der Waals surface area contributed by atoms with Crippen molar-refractivity contribution in [2.24, 2.45) is 0 Å². The molecule has 2 aromatic heterocycles. The number of nitrogens with one attached hydrogen (secondary N) is 1. The molecule has 0 saturated heterocycles. The molecule has 0 saturated carbocycles. The fraction of sp³-hybridized carbons (Fsp3) is 0.267. The van der Waals surface area contributed by atoms with Gasteiger partial charge in [-0.25, -0.2) is 4.98 Å². The van der Waals surface area contributed by atoms with E-state index in [1.807, 2.05) is 29.6 Å². The second-order valence-corrected chi connectivity index (χ2v) is 5.68. The summed E-state index contributed by atoms with van der Waals surface area (Å²) in [5.41, 5.74) is 7.21. The van der Waals surface area contributed by atoms with Gasteiger partial charge < -0.3 is 20.2 Å². The summed E-state index contributed by atoms with van der Waals surface area (Å²) in [6, 6.07) is 7.93. The summed E-state index contributed by atoms with van der Waals surface area (Å²) in [6.45, 7) is 3.17. The molecule has 1 aromatic carbocycles. The number of nitrogens with zero attached hydrogens (tertiary/aromatic N) is 3. The highest BCUT2D eigenvalue weighted by atomic mass is 32.1. The lowest BCUT2D eigenvalue weighted by molar-refractivity contribution is 0.318. The van der Waals surface area contributed by atoms with Gasteiger partial charge in [-0.2, -0.15) is 0 Å². The highest BCUT2D eigenvalue weighted by Crippen LogP contribution is 2.29. The molecule has 0 aliphatic heterocycles. The van der Waals surface area contributed by atoms with E-state index in [0.29, 0.717) is 30.2 Å². The van der Waals surface area contributed by atoms with Crippen LogP contribution in [0.2, 0.25) is 0 Å². The van der Waals surface area contributed by atoms with Crippen LogP contribution in [-0.2, 0) is 6.54 Å². The maximum absolute atomic E-state index is 5.71. The second kappa shape index (κ2) is 7.10. The van der Waals surface area contributed by atoms with Gasteiger partial charge in [-0.15, -0.1) is 16.4 Å². The molecular weight excluding hydrogens is 314 g/mol. The normalized spacial score (nSPS) is 10.7. The Morgan fingerprint density at radius 2 is 2.17 bits per heavy atom. The first-order valence-corrected chi connectivity index (χ1v) is 8.13. The van der Waals surface area contributed by atoms with Crippen molar-refractivity contribution < 1.29 is 9.15 Å². The molecule has 0 aliphatic rings. The molecule has 0 atom stereocenters. The molecule has 120 valence electrons. The number of hydrogen-bond donors (Lipinski definition) is 2. The minimum absolute atomic E-state index is 0.330. The van der Waals surface area contributed by atoms with E-state index in [1.165, 1.54) is 11.3 Å². The lowest BCUT2D eigenvalue weighted by atomic mass is 10.2. The van der Waals surface area contributed by atoms with Crippen LogP contribution >= 0.6 is 11.3 Å². The predicted molar refractivity (Wildman–Crippen MR) is 89.4 cm³/mol. The van der Waals surface area contributed by atoms with Crippen LogP contribution in [0.1, 0.15) is 19.0 Å². The standard InChI is InChI=1S/C15H17N5O2S/c1-2-7-21-12-6-4-3-5-11(12)13-19-20-15(22-13)17-8-10-9-23-14(16)18-10/h3-6,9H,2,7-8H2,1H3,(H2,16,18)(H,17,20). The van der Waals surface area contributed by atoms with Gasteiger partial charge in [-0.3, -0.25) is 0 Å². The molecule has 0 radical (unpaired) electrons. The van der Waals surface area contributed by atoms with E-state index in [4.69, 9.17) is 14.9 Å². The third-order valence-corrected chi connectivity index (χ3v) is 3.72. The topological polar surface area (TPSA) is 99.1 Å². The molecule has 3 rings (SSSR count). The number of rotatable bonds is 7. The number of hydrogen-bond acceptors (Lipinski definition) is 8. The third kappa shape index (κ3) is 3.78. The number of ether oxygens (including phenoxy) is 1. The third-order valence-electron chi connectivity index (χ3n) is 2.99. The molecule has 3 aromatic rings. The fourth-order valence-electron chi connectivity index (χ4n) is 1.95. The Labute approximate surface area is 137 Å². The van der Waals surface area contributed by atoms with Crippen molar-refractivity contribution >= 4 is 22.5 Å². The molecule has 0 aliphatic carbocycles. The highest BCUT2D eigenvalue weighted by Gasteiger charge is 2.13. The maximum atomic E-state index is 5.71. The maximum Gasteiger partial charge on any atom is 0.316 e. The summed E-state index contributed by atoms with van der Waals surface area (Å²) >= 11 is 1.39. The molecule has 0 bridgehead atoms. The van der Waals surface area contributed by atoms with Crippen LogP contribution < -0.4 is 15.8 Å². The zero-order chi connectivity index (χ0) is 16.1. The number of anilines is 2. The van der Waals surface area contributed by atoms with E-state index in [9.17, 15) is 0 Å². The van der Waals surface area contributed by atoms with Crippen molar-refractivity contribution in [2.75, 3.05) is 17.7 Å². The molecular formula is C15H17N5O2S. The van der Waals surface area contributed by atoms with Gasteiger partial charge in [-0.05, 0) is 18.6 Å². The van der Waals surface area contributed by atoms with Crippen LogP contribution in [-0.4, -0.2) is 21.8 Å². The summed E-state index contributed by atoms with van der Waals surface area (Å²) < 4.78 is 11.4. The van der Waals surface area contributed by atoms with E-state index in [0.717, 1.165) is 23.4 Å². The predicted octanol–water partition coefficient (Wildman–Crippen LogP) is 3.18. The van der Waals surface area contributed by atoms with Crippen LogP contribution in [0, 0.1) is 0 Å². The minimum atomic E-state index is 0.330. The summed E-state index contributed by atoms with van der Waals surface area (Å²) in [4.78, 5) is 4.16. The van der Waals surface area contributed by atoms with Gasteiger partial charge in [-0.1, -0.05) is 24.2 Å². The molecule has 2 heterocycles. The van der Waals surface area contributed by atoms with Crippen molar-refractivity contribution in [1.82, 2.24) is 15.2 Å². The number of aromatic nitrogens is 3. The Bertz CT molecular complexity index is 771. The summed E-state index contributed by atoms with van der Waals surface area (Å²) in [5, 5.41) is 13.5. The van der Waals surface area contributed by atoms with Gasteiger partial charge >= 0.3 is 6.01 Å². The van der Waals surface area contributed by atoms with Crippen molar-refractivity contribution in [1.29, 1.82) is 0 Å². The van der Waals surface area contributed by atoms with Crippen LogP contribution in [0.4, 0.5) is 11.1 Å². The SMILES string of the molecule is CCCOc1ccccc1-c1nnc(NCc2csc(N)n2)o1. The first-order valence-electron chi connectivity index (χ1n) is 7.25. The summed E-state index contributed by atoms with van der Waals surface area (Å²) in [5.74, 6) is 1.15. The van der Waals surface area contributed by atoms with Crippen molar-refractivity contribution in [3.05, 3.63) is 35.3 Å². The Morgan fingerprint density at radius 3 is 2.96 bits per heavy atom. The lowest BCUT2D eigenvalue weighted by Crippen LogP contribution is -2.00. The average molecular weight is 331 g/mol. The quantitative estimate of drug-likeness (QED) is 0.686. The first-order chi connectivity index (χ1) is 11.3.